The lowest BCUT2D eigenvalue weighted by Gasteiger charge is -2.45. The van der Waals surface area contributed by atoms with E-state index in [-0.39, 0.29) is 22.4 Å². The van der Waals surface area contributed by atoms with E-state index < -0.39 is 0 Å². The summed E-state index contributed by atoms with van der Waals surface area (Å²) in [6.07, 6.45) is 3.42. The van der Waals surface area contributed by atoms with Crippen molar-refractivity contribution in [1.82, 2.24) is 0 Å². The second kappa shape index (κ2) is 7.27. The van der Waals surface area contributed by atoms with Crippen LogP contribution in [-0.2, 0) is 15.3 Å². The summed E-state index contributed by atoms with van der Waals surface area (Å²) in [5.74, 6) is 1.79. The van der Waals surface area contributed by atoms with E-state index in [9.17, 15) is 4.79 Å². The van der Waals surface area contributed by atoms with Crippen molar-refractivity contribution in [2.45, 2.75) is 58.3 Å². The minimum absolute atomic E-state index is 0.0663. The number of benzene rings is 3. The molecule has 2 aliphatic rings. The van der Waals surface area contributed by atoms with Gasteiger partial charge in [-0.2, -0.15) is 0 Å². The van der Waals surface area contributed by atoms with Crippen molar-refractivity contribution in [3.8, 4) is 0 Å². The summed E-state index contributed by atoms with van der Waals surface area (Å²) in [7, 11) is 0. The second-order valence-electron chi connectivity index (χ2n) is 10.5. The molecule has 3 unspecified atom stereocenters. The Kier molecular flexibility index (Phi) is 4.89. The number of fused-ring (bicyclic) bond motifs is 4. The molecule has 31 heavy (non-hydrogen) atoms. The van der Waals surface area contributed by atoms with Crippen LogP contribution in [0.25, 0.3) is 21.5 Å². The number of esters is 1. The first-order valence-electron chi connectivity index (χ1n) is 11.4. The molecule has 0 amide bonds. The van der Waals surface area contributed by atoms with E-state index in [0.29, 0.717) is 11.7 Å². The van der Waals surface area contributed by atoms with Gasteiger partial charge < -0.3 is 4.74 Å². The fourth-order valence-electron chi connectivity index (χ4n) is 6.53. The highest BCUT2D eigenvalue weighted by atomic mass is 32.2. The molecule has 0 N–H and O–H groups in total. The molecule has 0 radical (unpaired) electrons. The van der Waals surface area contributed by atoms with E-state index in [0.717, 1.165) is 18.6 Å². The molecule has 2 saturated carbocycles. The monoisotopic (exact) mass is 432 g/mol. The Labute approximate surface area is 189 Å². The van der Waals surface area contributed by atoms with Gasteiger partial charge in [0.2, 0.25) is 0 Å². The second-order valence-corrected chi connectivity index (χ2v) is 11.5. The third-order valence-corrected chi connectivity index (χ3v) is 9.86. The van der Waals surface area contributed by atoms with Crippen molar-refractivity contribution in [3.63, 3.8) is 0 Å². The van der Waals surface area contributed by atoms with E-state index in [1.54, 1.807) is 11.8 Å². The average Bonchev–Trinajstić information content (AvgIpc) is 3.05. The maximum Gasteiger partial charge on any atom is 0.316 e. The molecular formula is C28H32O2S. The van der Waals surface area contributed by atoms with E-state index in [4.69, 9.17) is 4.74 Å². The van der Waals surface area contributed by atoms with Gasteiger partial charge in [-0.3, -0.25) is 4.79 Å². The quantitative estimate of drug-likeness (QED) is 0.311. The largest absolute Gasteiger partial charge is 0.458 e. The summed E-state index contributed by atoms with van der Waals surface area (Å²) in [6, 6.07) is 19.3. The smallest absolute Gasteiger partial charge is 0.316 e. The van der Waals surface area contributed by atoms with Gasteiger partial charge in [0.05, 0.1) is 5.75 Å². The molecule has 0 aliphatic heterocycles. The zero-order valence-corrected chi connectivity index (χ0v) is 19.9. The van der Waals surface area contributed by atoms with Gasteiger partial charge in [-0.05, 0) is 70.7 Å². The number of carbonyl (C=O) groups is 1. The van der Waals surface area contributed by atoms with Crippen LogP contribution in [0.4, 0.5) is 0 Å². The summed E-state index contributed by atoms with van der Waals surface area (Å²) in [5, 5.41) is 5.06. The molecule has 0 aromatic heterocycles. The Morgan fingerprint density at radius 3 is 2.16 bits per heavy atom. The zero-order chi connectivity index (χ0) is 21.9. The molecular weight excluding hydrogens is 400 g/mol. The van der Waals surface area contributed by atoms with Gasteiger partial charge in [-0.15, -0.1) is 11.8 Å². The van der Waals surface area contributed by atoms with Gasteiger partial charge >= 0.3 is 5.97 Å². The molecule has 3 aromatic rings. The molecule has 2 aliphatic carbocycles. The molecule has 2 fully saturated rings. The highest BCUT2D eigenvalue weighted by Gasteiger charge is 2.68. The van der Waals surface area contributed by atoms with Gasteiger partial charge in [0.1, 0.15) is 5.60 Å². The maximum atomic E-state index is 12.9. The number of rotatable bonds is 5. The van der Waals surface area contributed by atoms with Crippen LogP contribution >= 0.6 is 11.8 Å². The Bertz CT molecular complexity index is 1110. The minimum atomic E-state index is -0.344. The molecule has 0 spiro atoms. The Morgan fingerprint density at radius 2 is 1.61 bits per heavy atom. The summed E-state index contributed by atoms with van der Waals surface area (Å²) >= 11 is 1.67. The van der Waals surface area contributed by atoms with Crippen LogP contribution in [0.15, 0.2) is 54.6 Å². The van der Waals surface area contributed by atoms with Crippen LogP contribution < -0.4 is 0 Å². The van der Waals surface area contributed by atoms with Crippen LogP contribution in [0.5, 0.6) is 0 Å². The number of ether oxygens (including phenoxy) is 1. The Hall–Kier alpha value is -2.00. The van der Waals surface area contributed by atoms with E-state index >= 15 is 0 Å². The molecule has 3 atom stereocenters. The molecule has 2 bridgehead atoms. The first-order chi connectivity index (χ1) is 14.8. The van der Waals surface area contributed by atoms with Crippen molar-refractivity contribution in [2.75, 3.05) is 5.75 Å². The first kappa shape index (κ1) is 20.9. The predicted molar refractivity (Wildman–Crippen MR) is 131 cm³/mol. The van der Waals surface area contributed by atoms with Crippen LogP contribution in [0, 0.1) is 16.7 Å². The normalized spacial score (nSPS) is 29.0. The van der Waals surface area contributed by atoms with Crippen molar-refractivity contribution in [2.24, 2.45) is 16.7 Å². The Balaban J connectivity index is 1.32. The van der Waals surface area contributed by atoms with Crippen molar-refractivity contribution < 1.29 is 9.53 Å². The van der Waals surface area contributed by atoms with Crippen LogP contribution in [0.1, 0.15) is 52.5 Å². The van der Waals surface area contributed by atoms with Crippen molar-refractivity contribution in [1.29, 1.82) is 0 Å². The van der Waals surface area contributed by atoms with Crippen LogP contribution in [0.3, 0.4) is 0 Å². The summed E-state index contributed by atoms with van der Waals surface area (Å²) < 4.78 is 6.22. The fourth-order valence-corrected chi connectivity index (χ4v) is 7.37. The minimum Gasteiger partial charge on any atom is -0.458 e. The molecule has 2 nitrogen and oxygen atoms in total. The fraction of sp³-hybridized carbons (Fsp3) is 0.464. The van der Waals surface area contributed by atoms with Gasteiger partial charge in [0, 0.05) is 11.2 Å². The van der Waals surface area contributed by atoms with Crippen LogP contribution in [-0.4, -0.2) is 17.3 Å². The van der Waals surface area contributed by atoms with Gasteiger partial charge in [0.15, 0.2) is 0 Å². The highest BCUT2D eigenvalue weighted by molar-refractivity contribution is 7.99. The van der Waals surface area contributed by atoms with Crippen molar-refractivity contribution >= 4 is 39.3 Å². The summed E-state index contributed by atoms with van der Waals surface area (Å²) in [5.41, 5.74) is 1.27. The number of carbonyl (C=O) groups excluding carboxylic acids is 1. The predicted octanol–water partition coefficient (Wildman–Crippen LogP) is 7.37. The number of hydrogen-bond donors (Lipinski definition) is 0. The van der Waals surface area contributed by atoms with E-state index in [2.05, 4.69) is 82.3 Å². The summed E-state index contributed by atoms with van der Waals surface area (Å²) in [6.45, 7) is 9.24. The Morgan fingerprint density at radius 1 is 1.00 bits per heavy atom. The van der Waals surface area contributed by atoms with E-state index in [1.165, 1.54) is 33.5 Å². The van der Waals surface area contributed by atoms with Crippen molar-refractivity contribution in [3.05, 3.63) is 60.2 Å². The highest BCUT2D eigenvalue weighted by Crippen LogP contribution is 2.70. The molecule has 3 heteroatoms. The van der Waals surface area contributed by atoms with Crippen LogP contribution in [0.2, 0.25) is 0 Å². The maximum absolute atomic E-state index is 12.9. The molecule has 3 aromatic carbocycles. The number of hydrogen-bond acceptors (Lipinski definition) is 3. The third kappa shape index (κ3) is 3.11. The summed E-state index contributed by atoms with van der Waals surface area (Å²) in [4.78, 5) is 12.9. The lowest BCUT2D eigenvalue weighted by Crippen LogP contribution is -2.48. The van der Waals surface area contributed by atoms with Gasteiger partial charge in [-0.1, -0.05) is 69.3 Å². The molecule has 162 valence electrons. The standard InChI is InChI=1S/C28H32O2S/c1-26(2)21-13-14-27(26,3)28(4,16-21)30-25(29)18-31-17-24-22-11-7-5-9-19(22)15-20-10-6-8-12-23(20)24/h5-12,15,21H,13-14,16-18H2,1-4H3. The lowest BCUT2D eigenvalue weighted by molar-refractivity contribution is -0.171. The van der Waals surface area contributed by atoms with E-state index in [1.807, 2.05) is 0 Å². The molecule has 0 heterocycles. The third-order valence-electron chi connectivity index (χ3n) is 8.93. The first-order valence-corrected chi connectivity index (χ1v) is 12.6. The van der Waals surface area contributed by atoms with Gasteiger partial charge in [0.25, 0.3) is 0 Å². The lowest BCUT2D eigenvalue weighted by atomic mass is 9.65. The number of thioether (sulfide) groups is 1. The molecule has 5 rings (SSSR count). The topological polar surface area (TPSA) is 26.3 Å². The van der Waals surface area contributed by atoms with Gasteiger partial charge in [-0.25, -0.2) is 0 Å². The average molecular weight is 433 g/mol. The SMILES string of the molecule is CC1(OC(=O)CSCc2c3ccccc3cc3ccccc23)CC2CCC1(C)C2(C)C. The zero-order valence-electron chi connectivity index (χ0n) is 19.0. The molecule has 0 saturated heterocycles.